The first-order chi connectivity index (χ1) is 10.8. The lowest BCUT2D eigenvalue weighted by molar-refractivity contribution is -0.797. The lowest BCUT2D eigenvalue weighted by Gasteiger charge is -2.27. The summed E-state index contributed by atoms with van der Waals surface area (Å²) in [5.74, 6) is 0. The molecule has 0 radical (unpaired) electrons. The average Bonchev–Trinajstić information content (AvgIpc) is 2.80. The van der Waals surface area contributed by atoms with Crippen LogP contribution in [0, 0.1) is 10.1 Å². The number of quaternary nitrogens is 1. The van der Waals surface area contributed by atoms with Gasteiger partial charge in [-0.3, -0.25) is 10.1 Å². The molecule has 1 heterocycles. The van der Waals surface area contributed by atoms with E-state index in [9.17, 15) is 29.9 Å². The Bertz CT molecular complexity index is 631. The predicted molar refractivity (Wildman–Crippen MR) is 76.5 cm³/mol. The minimum Gasteiger partial charge on any atom is -0.435 e. The van der Waals surface area contributed by atoms with E-state index in [1.807, 2.05) is 0 Å². The Morgan fingerprint density at radius 2 is 2.00 bits per heavy atom. The van der Waals surface area contributed by atoms with E-state index in [1.54, 1.807) is 6.92 Å². The molecule has 124 valence electrons. The number of nitro groups is 1. The molecule has 1 fully saturated rings. The molecule has 1 aliphatic heterocycles. The number of nitrogens with zero attached hydrogens (tertiary/aromatic N) is 2. The highest BCUT2D eigenvalue weighted by molar-refractivity contribution is 5.75. The van der Waals surface area contributed by atoms with E-state index in [2.05, 4.69) is 0 Å². The van der Waals surface area contributed by atoms with Gasteiger partial charge in [0, 0.05) is 18.6 Å². The molecule has 0 unspecified atom stereocenters. The van der Waals surface area contributed by atoms with Crippen LogP contribution in [0.4, 0.5) is 15.3 Å². The zero-order valence-corrected chi connectivity index (χ0v) is 12.4. The molecule has 2 amide bonds. The van der Waals surface area contributed by atoms with Crippen LogP contribution in [0.5, 0.6) is 0 Å². The maximum absolute atomic E-state index is 12.3. The van der Waals surface area contributed by atoms with Crippen LogP contribution in [0.1, 0.15) is 18.9 Å². The molecule has 1 aromatic carbocycles. The summed E-state index contributed by atoms with van der Waals surface area (Å²) in [5, 5.41) is 29.6. The number of likely N-dealkylation sites (tertiary alicyclic amines) is 1. The molecule has 0 bridgehead atoms. The number of imide groups is 1. The molecule has 9 heteroatoms. The molecule has 1 aliphatic rings. The van der Waals surface area contributed by atoms with Gasteiger partial charge in [-0.05, 0) is 24.6 Å². The van der Waals surface area contributed by atoms with E-state index in [0.717, 1.165) is 0 Å². The summed E-state index contributed by atoms with van der Waals surface area (Å²) in [6, 6.07) is 4.80. The van der Waals surface area contributed by atoms with Gasteiger partial charge in [0.25, 0.3) is 5.69 Å². The van der Waals surface area contributed by atoms with Gasteiger partial charge in [-0.1, -0.05) is 0 Å². The van der Waals surface area contributed by atoms with E-state index >= 15 is 0 Å². The third-order valence-corrected chi connectivity index (χ3v) is 4.04. The van der Waals surface area contributed by atoms with Gasteiger partial charge in [0.1, 0.15) is 25.3 Å². The number of ether oxygens (including phenoxy) is 1. The van der Waals surface area contributed by atoms with Crippen LogP contribution in [0.3, 0.4) is 0 Å². The largest absolute Gasteiger partial charge is 0.527 e. The van der Waals surface area contributed by atoms with Crippen LogP contribution in [-0.2, 0) is 11.3 Å². The molecule has 0 aliphatic carbocycles. The third kappa shape index (κ3) is 3.15. The maximum atomic E-state index is 12.3. The number of hydrogen-bond acceptors (Lipinski definition) is 6. The van der Waals surface area contributed by atoms with Crippen LogP contribution < -0.4 is 0 Å². The number of non-ortho nitro benzene ring substituents is 1. The Morgan fingerprint density at radius 1 is 1.39 bits per heavy atom. The molecular weight excluding hydrogens is 308 g/mol. The first-order valence-corrected chi connectivity index (χ1v) is 6.97. The first-order valence-electron chi connectivity index (χ1n) is 6.97. The van der Waals surface area contributed by atoms with Gasteiger partial charge in [0.2, 0.25) is 0 Å². The Balaban J connectivity index is 2.08. The van der Waals surface area contributed by atoms with Crippen molar-refractivity contribution in [2.45, 2.75) is 32.1 Å². The van der Waals surface area contributed by atoms with Gasteiger partial charge in [-0.2, -0.15) is 9.59 Å². The number of aliphatic hydroxyl groups excluding tert-OH is 1. The zero-order chi connectivity index (χ0) is 17.2. The molecule has 23 heavy (non-hydrogen) atoms. The van der Waals surface area contributed by atoms with Gasteiger partial charge >= 0.3 is 12.2 Å². The number of aliphatic hydroxyl groups is 1. The number of amides is 2. The van der Waals surface area contributed by atoms with Gasteiger partial charge < -0.3 is 14.9 Å². The Hall–Kier alpha value is -2.52. The summed E-state index contributed by atoms with van der Waals surface area (Å²) in [4.78, 5) is 33.8. The predicted octanol–water partition coefficient (Wildman–Crippen LogP) is 1.88. The number of nitro benzene ring substituents is 1. The molecule has 9 nitrogen and oxygen atoms in total. The molecular formula is C14H17N2O7+. The zero-order valence-electron chi connectivity index (χ0n) is 12.4. The van der Waals surface area contributed by atoms with Crippen LogP contribution in [0.25, 0.3) is 0 Å². The standard InChI is InChI=1S/C14H16N2O7/c1-9-6-12(17)7-16(9,13(18)19)14(20)23-8-10-2-4-11(5-3-10)15(21)22/h2-5,9,12,17H,6-8H2,1H3/p+1/t9-,12+,16+/m1/s1. The molecule has 0 spiro atoms. The summed E-state index contributed by atoms with van der Waals surface area (Å²) in [6.07, 6.45) is -3.02. The average molecular weight is 325 g/mol. The minimum absolute atomic E-state index is 0.0922. The van der Waals surface area contributed by atoms with Crippen molar-refractivity contribution in [1.82, 2.24) is 0 Å². The fraction of sp³-hybridized carbons (Fsp3) is 0.429. The highest BCUT2D eigenvalue weighted by atomic mass is 16.6. The van der Waals surface area contributed by atoms with Crippen LogP contribution in [0.15, 0.2) is 24.3 Å². The molecule has 3 atom stereocenters. The molecule has 1 saturated heterocycles. The van der Waals surface area contributed by atoms with Crippen molar-refractivity contribution in [3.63, 3.8) is 0 Å². The lowest BCUT2D eigenvalue weighted by Crippen LogP contribution is -2.59. The second-order valence-corrected chi connectivity index (χ2v) is 5.55. The summed E-state index contributed by atoms with van der Waals surface area (Å²) < 4.78 is 4.09. The molecule has 0 aromatic heterocycles. The normalized spacial score (nSPS) is 26.7. The number of rotatable bonds is 3. The van der Waals surface area contributed by atoms with Crippen LogP contribution >= 0.6 is 0 Å². The second-order valence-electron chi connectivity index (χ2n) is 5.55. The van der Waals surface area contributed by atoms with E-state index < -0.39 is 33.7 Å². The van der Waals surface area contributed by atoms with Crippen molar-refractivity contribution >= 4 is 17.9 Å². The number of hydrogen-bond donors (Lipinski definition) is 2. The van der Waals surface area contributed by atoms with Gasteiger partial charge in [-0.15, -0.1) is 4.48 Å². The van der Waals surface area contributed by atoms with E-state index in [-0.39, 0.29) is 25.3 Å². The topological polar surface area (TPSA) is 127 Å². The summed E-state index contributed by atoms with van der Waals surface area (Å²) in [7, 11) is 0. The fourth-order valence-electron chi connectivity index (χ4n) is 2.73. The number of carboxylic acid groups (broad SMARTS) is 1. The molecule has 2 N–H and O–H groups in total. The van der Waals surface area contributed by atoms with Crippen molar-refractivity contribution < 1.29 is 33.9 Å². The van der Waals surface area contributed by atoms with Gasteiger partial charge in [0.15, 0.2) is 0 Å². The Labute approximate surface area is 131 Å². The molecule has 1 aromatic rings. The van der Waals surface area contributed by atoms with Crippen molar-refractivity contribution in [2.24, 2.45) is 0 Å². The number of benzene rings is 1. The summed E-state index contributed by atoms with van der Waals surface area (Å²) in [5.41, 5.74) is 0.408. The number of carbonyl (C=O) groups is 2. The van der Waals surface area contributed by atoms with Crippen molar-refractivity contribution in [3.8, 4) is 0 Å². The molecule has 2 rings (SSSR count). The van der Waals surface area contributed by atoms with E-state index in [4.69, 9.17) is 4.74 Å². The number of carbonyl (C=O) groups excluding carboxylic acids is 1. The highest BCUT2D eigenvalue weighted by Gasteiger charge is 2.58. The van der Waals surface area contributed by atoms with Gasteiger partial charge in [-0.25, -0.2) is 0 Å². The third-order valence-electron chi connectivity index (χ3n) is 4.04. The van der Waals surface area contributed by atoms with Crippen LogP contribution in [-0.4, -0.2) is 50.5 Å². The second kappa shape index (κ2) is 6.31. The minimum atomic E-state index is -1.37. The first kappa shape index (κ1) is 16.8. The van der Waals surface area contributed by atoms with E-state index in [0.29, 0.717) is 5.56 Å². The Kier molecular flexibility index (Phi) is 4.62. The molecule has 0 saturated carbocycles. The highest BCUT2D eigenvalue weighted by Crippen LogP contribution is 2.29. The maximum Gasteiger partial charge on any atom is 0.527 e. The van der Waals surface area contributed by atoms with E-state index in [1.165, 1.54) is 24.3 Å². The van der Waals surface area contributed by atoms with Gasteiger partial charge in [0.05, 0.1) is 4.92 Å². The fourth-order valence-corrected chi connectivity index (χ4v) is 2.73. The summed E-state index contributed by atoms with van der Waals surface area (Å²) >= 11 is 0. The Morgan fingerprint density at radius 3 is 2.43 bits per heavy atom. The van der Waals surface area contributed by atoms with Crippen LogP contribution in [0.2, 0.25) is 0 Å². The van der Waals surface area contributed by atoms with Crippen molar-refractivity contribution in [2.75, 3.05) is 6.54 Å². The smallest absolute Gasteiger partial charge is 0.435 e. The SMILES string of the molecule is C[C@@H]1C[C@H](O)C[N@+]1(C(=O)O)C(=O)OCc1ccc([N+](=O)[O-])cc1. The quantitative estimate of drug-likeness (QED) is 0.493. The summed E-state index contributed by atoms with van der Waals surface area (Å²) in [6.45, 7) is 1.12. The van der Waals surface area contributed by atoms with Crippen molar-refractivity contribution in [3.05, 3.63) is 39.9 Å². The van der Waals surface area contributed by atoms with Crippen molar-refractivity contribution in [1.29, 1.82) is 0 Å². The monoisotopic (exact) mass is 325 g/mol. The lowest BCUT2D eigenvalue weighted by atomic mass is 10.2.